The van der Waals surface area contributed by atoms with Crippen LogP contribution in [0.25, 0.3) is 0 Å². The summed E-state index contributed by atoms with van der Waals surface area (Å²) in [5.41, 5.74) is 0. The van der Waals surface area contributed by atoms with Gasteiger partial charge in [0.2, 0.25) is 0 Å². The van der Waals surface area contributed by atoms with Gasteiger partial charge in [0.25, 0.3) is 0 Å². The SMILES string of the molecule is [Bi+3].[O-2].[Sm+3].[Y+3]. The Morgan fingerprint density at radius 2 is 1.00 bits per heavy atom. The molecule has 0 rings (SSSR count). The second-order valence-corrected chi connectivity index (χ2v) is 0. The number of hydrogen-bond acceptors (Lipinski definition) is 0. The fourth-order valence-electron chi connectivity index (χ4n) is 0. The molecule has 0 unspecified atom stereocenters. The minimum atomic E-state index is 0. The topological polar surface area (TPSA) is 28.5 Å². The first-order valence-corrected chi connectivity index (χ1v) is 0. The summed E-state index contributed by atoms with van der Waals surface area (Å²) in [6.45, 7) is 0. The van der Waals surface area contributed by atoms with Gasteiger partial charge < -0.3 is 5.48 Å². The van der Waals surface area contributed by atoms with Gasteiger partial charge in [-0.25, -0.2) is 0 Å². The quantitative estimate of drug-likeness (QED) is 0.433. The summed E-state index contributed by atoms with van der Waals surface area (Å²) in [7, 11) is 0. The van der Waals surface area contributed by atoms with Crippen molar-refractivity contribution in [3.05, 3.63) is 0 Å². The van der Waals surface area contributed by atoms with Crippen LogP contribution in [0, 0.1) is 40.4 Å². The van der Waals surface area contributed by atoms with Crippen LogP contribution in [-0.4, -0.2) is 26.2 Å². The van der Waals surface area contributed by atoms with Crippen molar-refractivity contribution in [3.63, 3.8) is 0 Å². The molecule has 0 atom stereocenters. The first-order chi connectivity index (χ1) is 0. The maximum Gasteiger partial charge on any atom is 3.00 e. The third kappa shape index (κ3) is 8.99. The van der Waals surface area contributed by atoms with E-state index in [9.17, 15) is 0 Å². The summed E-state index contributed by atoms with van der Waals surface area (Å²) in [5.74, 6) is 0. The fraction of sp³-hybridized carbons (Fsp3) is 0. The molecule has 0 saturated heterocycles. The summed E-state index contributed by atoms with van der Waals surface area (Å²) < 4.78 is 0. The van der Waals surface area contributed by atoms with E-state index in [2.05, 4.69) is 0 Å². The van der Waals surface area contributed by atoms with Crippen LogP contribution in [0.15, 0.2) is 0 Å². The minimum absolute atomic E-state index is 0. The van der Waals surface area contributed by atoms with E-state index < -0.39 is 0 Å². The normalized spacial score (nSPS) is 0. The van der Waals surface area contributed by atoms with Crippen molar-refractivity contribution >= 4 is 26.2 Å². The molecule has 0 bridgehead atoms. The van der Waals surface area contributed by atoms with Crippen LogP contribution in [0.3, 0.4) is 0 Å². The Labute approximate surface area is 102 Å². The first-order valence-electron chi connectivity index (χ1n) is 0. The van der Waals surface area contributed by atoms with Gasteiger partial charge in [-0.3, -0.25) is 0 Å². The molecule has 0 N–H and O–H groups in total. The van der Waals surface area contributed by atoms with Crippen LogP contribution < -0.4 is 0 Å². The molecule has 0 saturated carbocycles. The van der Waals surface area contributed by atoms with E-state index in [-0.39, 0.29) is 105 Å². The molecule has 0 heterocycles. The van der Waals surface area contributed by atoms with Gasteiger partial charge in [-0.2, -0.15) is 0 Å². The van der Waals surface area contributed by atoms with Gasteiger partial charge in [0.15, 0.2) is 0 Å². The average molecular weight is 464 g/mol. The third-order valence-electron chi connectivity index (χ3n) is 0. The molecule has 0 fully saturated rings. The van der Waals surface area contributed by atoms with Gasteiger partial charge in [-0.05, 0) is 0 Å². The van der Waals surface area contributed by atoms with Crippen molar-refractivity contribution in [1.82, 2.24) is 0 Å². The molecule has 0 spiro atoms. The predicted molar refractivity (Wildman–Crippen MR) is 6.44 cm³/mol. The molecule has 0 amide bonds. The van der Waals surface area contributed by atoms with Crippen LogP contribution in [-0.2, 0) is 38.2 Å². The molecular formula is BiOSmY+7. The van der Waals surface area contributed by atoms with Crippen molar-refractivity contribution in [2.45, 2.75) is 0 Å². The van der Waals surface area contributed by atoms with E-state index in [1.807, 2.05) is 0 Å². The largest absolute Gasteiger partial charge is 3.00 e. The molecule has 1 nitrogen and oxygen atoms in total. The zero-order valence-electron chi connectivity index (χ0n) is 1.84. The first kappa shape index (κ1) is 26.7. The monoisotopic (exact) mass is 466 g/mol. The van der Waals surface area contributed by atoms with Gasteiger partial charge in [-0.1, -0.05) is 0 Å². The van der Waals surface area contributed by atoms with Crippen LogP contribution >= 0.6 is 0 Å². The molecule has 3 radical (unpaired) electrons. The Morgan fingerprint density at radius 3 is 1.00 bits per heavy atom. The molecule has 0 aromatic carbocycles. The molecule has 0 aromatic heterocycles. The van der Waals surface area contributed by atoms with Crippen molar-refractivity contribution in [2.75, 3.05) is 0 Å². The summed E-state index contributed by atoms with van der Waals surface area (Å²) in [6, 6.07) is 0. The van der Waals surface area contributed by atoms with Crippen LogP contribution in [0.2, 0.25) is 0 Å². The van der Waals surface area contributed by atoms with Gasteiger partial charge in [-0.15, -0.1) is 0 Å². The van der Waals surface area contributed by atoms with Crippen LogP contribution in [0.4, 0.5) is 0 Å². The van der Waals surface area contributed by atoms with E-state index in [0.717, 1.165) is 0 Å². The molecular weight excluding hydrogens is 464 g/mol. The van der Waals surface area contributed by atoms with Crippen molar-refractivity contribution < 1.29 is 78.6 Å². The van der Waals surface area contributed by atoms with Crippen molar-refractivity contribution in [3.8, 4) is 0 Å². The Morgan fingerprint density at radius 1 is 1.00 bits per heavy atom. The van der Waals surface area contributed by atoms with Gasteiger partial charge in [0.05, 0.1) is 0 Å². The zero-order valence-corrected chi connectivity index (χ0v) is 10.8. The minimum Gasteiger partial charge on any atom is -2.00 e. The fourth-order valence-corrected chi connectivity index (χ4v) is 0. The Kier molecular flexibility index (Phi) is 108. The molecule has 0 aliphatic heterocycles. The second kappa shape index (κ2) is 16.3. The van der Waals surface area contributed by atoms with E-state index in [0.29, 0.717) is 0 Å². The third-order valence-corrected chi connectivity index (χ3v) is 0. The zero-order chi connectivity index (χ0) is 0. The van der Waals surface area contributed by atoms with E-state index in [4.69, 9.17) is 0 Å². The molecule has 0 aliphatic carbocycles. The van der Waals surface area contributed by atoms with Gasteiger partial charge in [0.1, 0.15) is 0 Å². The number of hydrogen-bond donors (Lipinski definition) is 0. The molecule has 0 aromatic rings. The van der Waals surface area contributed by atoms with Crippen molar-refractivity contribution in [2.24, 2.45) is 0 Å². The predicted octanol–water partition coefficient (Wildman–Crippen LogP) is -0.502. The Bertz CT molecular complexity index is 8.00. The van der Waals surface area contributed by atoms with E-state index in [1.54, 1.807) is 0 Å². The van der Waals surface area contributed by atoms with Gasteiger partial charge in [0, 0.05) is 0 Å². The second-order valence-electron chi connectivity index (χ2n) is 0. The van der Waals surface area contributed by atoms with Crippen LogP contribution in [0.1, 0.15) is 0 Å². The molecule has 0 aliphatic rings. The molecule has 4 heavy (non-hydrogen) atoms. The summed E-state index contributed by atoms with van der Waals surface area (Å²) in [4.78, 5) is 0. The average Bonchev–Trinajstić information content (AvgIpc) is 0. The Balaban J connectivity index is 0. The molecule has 4 heteroatoms. The van der Waals surface area contributed by atoms with Gasteiger partial charge >= 0.3 is 99.3 Å². The number of rotatable bonds is 0. The summed E-state index contributed by atoms with van der Waals surface area (Å²) in [5, 5.41) is 0. The van der Waals surface area contributed by atoms with Crippen molar-refractivity contribution in [1.29, 1.82) is 0 Å². The maximum absolute atomic E-state index is 0. The summed E-state index contributed by atoms with van der Waals surface area (Å²) in [6.07, 6.45) is 0. The molecule has 13 valence electrons. The Hall–Kier alpha value is 3.28. The maximum atomic E-state index is 0. The van der Waals surface area contributed by atoms with E-state index >= 15 is 0 Å². The van der Waals surface area contributed by atoms with Crippen LogP contribution in [0.5, 0.6) is 0 Å². The van der Waals surface area contributed by atoms with E-state index in [1.165, 1.54) is 0 Å². The smallest absolute Gasteiger partial charge is 2.00 e. The summed E-state index contributed by atoms with van der Waals surface area (Å²) >= 11 is 0. The standard InChI is InChI=1S/Bi.O.Sm.Y/q+3;-2;2*+3.